The zero-order valence-electron chi connectivity index (χ0n) is 20.2. The van der Waals surface area contributed by atoms with Crippen LogP contribution >= 0.6 is 0 Å². The smallest absolute Gasteiger partial charge is 0.326 e. The van der Waals surface area contributed by atoms with Crippen molar-refractivity contribution in [2.24, 2.45) is 17.6 Å². The number of carbonyl (C=O) groups excluding carboxylic acids is 3. The molecule has 2 rings (SSSR count). The fourth-order valence-electron chi connectivity index (χ4n) is 3.58. The van der Waals surface area contributed by atoms with Gasteiger partial charge in [0, 0.05) is 23.5 Å². The highest BCUT2D eigenvalue weighted by Crippen LogP contribution is 2.19. The molecule has 1 aromatic heterocycles. The number of hydrogen-bond acceptors (Lipinski definition) is 5. The normalized spacial score (nSPS) is 14.9. The Hall–Kier alpha value is -3.40. The fraction of sp³-hybridized carbons (Fsp3) is 0.500. The number of para-hydroxylation sites is 1. The maximum Gasteiger partial charge on any atom is 0.326 e. The Labute approximate surface area is 199 Å². The van der Waals surface area contributed by atoms with Gasteiger partial charge in [0.15, 0.2) is 0 Å². The standard InChI is InChI=1S/C24H35N5O5/c1-12(2)19(29-23(32)20(13(3)4)28-21(30)14(5)25)22(31)27-18(24(33)34)10-15-11-26-17-9-7-6-8-16(15)17/h6-9,11-14,18-20,26H,10,25H2,1-5H3,(H,27,31)(H,28,30)(H,29,32)(H,33,34). The number of H-pyrrole nitrogens is 1. The first kappa shape index (κ1) is 26.8. The molecule has 2 aromatic rings. The van der Waals surface area contributed by atoms with Gasteiger partial charge in [-0.05, 0) is 30.4 Å². The van der Waals surface area contributed by atoms with Gasteiger partial charge in [0.2, 0.25) is 17.7 Å². The summed E-state index contributed by atoms with van der Waals surface area (Å²) < 4.78 is 0. The third-order valence-electron chi connectivity index (χ3n) is 5.62. The number of carbonyl (C=O) groups is 4. The van der Waals surface area contributed by atoms with Crippen LogP contribution in [0.25, 0.3) is 10.9 Å². The summed E-state index contributed by atoms with van der Waals surface area (Å²) >= 11 is 0. The molecule has 10 nitrogen and oxygen atoms in total. The minimum absolute atomic E-state index is 0.0723. The second-order valence-electron chi connectivity index (χ2n) is 9.21. The van der Waals surface area contributed by atoms with Crippen LogP contribution in [-0.4, -0.2) is 57.9 Å². The Bertz CT molecular complexity index is 1030. The molecule has 0 saturated carbocycles. The molecule has 1 heterocycles. The van der Waals surface area contributed by atoms with Gasteiger partial charge in [-0.3, -0.25) is 14.4 Å². The van der Waals surface area contributed by atoms with Crippen molar-refractivity contribution in [2.75, 3.05) is 0 Å². The van der Waals surface area contributed by atoms with Gasteiger partial charge in [-0.1, -0.05) is 45.9 Å². The molecule has 0 radical (unpaired) electrons. The van der Waals surface area contributed by atoms with Gasteiger partial charge in [0.1, 0.15) is 18.1 Å². The molecule has 186 valence electrons. The summed E-state index contributed by atoms with van der Waals surface area (Å²) in [6.45, 7) is 8.51. The van der Waals surface area contributed by atoms with Gasteiger partial charge in [-0.15, -0.1) is 0 Å². The highest BCUT2D eigenvalue weighted by Gasteiger charge is 2.33. The number of carboxylic acid groups (broad SMARTS) is 1. The number of fused-ring (bicyclic) bond motifs is 1. The lowest BCUT2D eigenvalue weighted by molar-refractivity contribution is -0.142. The summed E-state index contributed by atoms with van der Waals surface area (Å²) in [5, 5.41) is 18.4. The van der Waals surface area contributed by atoms with Gasteiger partial charge in [-0.2, -0.15) is 0 Å². The molecule has 10 heteroatoms. The molecule has 0 aliphatic rings. The second kappa shape index (κ2) is 11.6. The number of aromatic nitrogens is 1. The fourth-order valence-corrected chi connectivity index (χ4v) is 3.58. The molecule has 4 unspecified atom stereocenters. The maximum atomic E-state index is 13.0. The first-order valence-corrected chi connectivity index (χ1v) is 11.4. The number of hydrogen-bond donors (Lipinski definition) is 6. The van der Waals surface area contributed by atoms with E-state index < -0.39 is 47.9 Å². The topological polar surface area (TPSA) is 166 Å². The molecular weight excluding hydrogens is 438 g/mol. The molecule has 0 bridgehead atoms. The zero-order valence-corrected chi connectivity index (χ0v) is 20.2. The van der Waals surface area contributed by atoms with E-state index in [4.69, 9.17) is 5.73 Å². The summed E-state index contributed by atoms with van der Waals surface area (Å²) in [5.74, 6) is -3.41. The van der Waals surface area contributed by atoms with Crippen LogP contribution in [0.2, 0.25) is 0 Å². The largest absolute Gasteiger partial charge is 0.480 e. The van der Waals surface area contributed by atoms with Gasteiger partial charge in [0.25, 0.3) is 0 Å². The zero-order chi connectivity index (χ0) is 25.6. The van der Waals surface area contributed by atoms with Crippen LogP contribution in [0.5, 0.6) is 0 Å². The SMILES string of the molecule is CC(N)C(=O)NC(C(=O)NC(C(=O)NC(Cc1c[nH]c2ccccc12)C(=O)O)C(C)C)C(C)C. The van der Waals surface area contributed by atoms with E-state index in [2.05, 4.69) is 20.9 Å². The average Bonchev–Trinajstić information content (AvgIpc) is 3.17. The number of aliphatic carboxylic acids is 1. The number of carboxylic acids is 1. The third-order valence-corrected chi connectivity index (χ3v) is 5.62. The number of nitrogens with two attached hydrogens (primary N) is 1. The second-order valence-corrected chi connectivity index (χ2v) is 9.21. The Morgan fingerprint density at radius 2 is 1.41 bits per heavy atom. The highest BCUT2D eigenvalue weighted by molar-refractivity contribution is 5.94. The predicted molar refractivity (Wildman–Crippen MR) is 129 cm³/mol. The van der Waals surface area contributed by atoms with E-state index in [-0.39, 0.29) is 18.3 Å². The van der Waals surface area contributed by atoms with Crippen LogP contribution in [0.4, 0.5) is 0 Å². The number of amides is 3. The van der Waals surface area contributed by atoms with Crippen LogP contribution < -0.4 is 21.7 Å². The van der Waals surface area contributed by atoms with E-state index in [9.17, 15) is 24.3 Å². The molecule has 0 fully saturated rings. The average molecular weight is 474 g/mol. The number of rotatable bonds is 11. The van der Waals surface area contributed by atoms with Crippen LogP contribution in [0, 0.1) is 11.8 Å². The lowest BCUT2D eigenvalue weighted by Gasteiger charge is -2.28. The van der Waals surface area contributed by atoms with Crippen LogP contribution in [0.1, 0.15) is 40.2 Å². The predicted octanol–water partition coefficient (Wildman–Crippen LogP) is 0.909. The summed E-state index contributed by atoms with van der Waals surface area (Å²) in [6, 6.07) is 3.61. The minimum atomic E-state index is -1.19. The Morgan fingerprint density at radius 1 is 0.882 bits per heavy atom. The van der Waals surface area contributed by atoms with Gasteiger partial charge >= 0.3 is 5.97 Å². The first-order chi connectivity index (χ1) is 15.9. The molecule has 0 saturated heterocycles. The van der Waals surface area contributed by atoms with E-state index in [0.29, 0.717) is 0 Å². The number of nitrogens with one attached hydrogen (secondary N) is 4. The minimum Gasteiger partial charge on any atom is -0.480 e. The molecule has 0 aliphatic heterocycles. The van der Waals surface area contributed by atoms with E-state index >= 15 is 0 Å². The molecule has 0 spiro atoms. The highest BCUT2D eigenvalue weighted by atomic mass is 16.4. The van der Waals surface area contributed by atoms with Crippen molar-refractivity contribution in [3.05, 3.63) is 36.0 Å². The summed E-state index contributed by atoms with van der Waals surface area (Å²) in [4.78, 5) is 53.0. The van der Waals surface area contributed by atoms with Crippen molar-refractivity contribution in [3.63, 3.8) is 0 Å². The van der Waals surface area contributed by atoms with Crippen molar-refractivity contribution in [3.8, 4) is 0 Å². The molecule has 34 heavy (non-hydrogen) atoms. The summed E-state index contributed by atoms with van der Waals surface area (Å²) in [6.07, 6.45) is 1.80. The summed E-state index contributed by atoms with van der Waals surface area (Å²) in [7, 11) is 0. The molecule has 1 aromatic carbocycles. The van der Waals surface area contributed by atoms with Crippen LogP contribution in [0.3, 0.4) is 0 Å². The Balaban J connectivity index is 2.15. The van der Waals surface area contributed by atoms with Crippen molar-refractivity contribution >= 4 is 34.6 Å². The first-order valence-electron chi connectivity index (χ1n) is 11.4. The van der Waals surface area contributed by atoms with Crippen molar-refractivity contribution in [1.29, 1.82) is 0 Å². The van der Waals surface area contributed by atoms with Crippen LogP contribution in [-0.2, 0) is 25.6 Å². The van der Waals surface area contributed by atoms with E-state index in [0.717, 1.165) is 16.5 Å². The lowest BCUT2D eigenvalue weighted by Crippen LogP contribution is -2.59. The van der Waals surface area contributed by atoms with Gasteiger partial charge in [0.05, 0.1) is 6.04 Å². The van der Waals surface area contributed by atoms with Crippen molar-refractivity contribution in [2.45, 2.75) is 65.2 Å². The number of benzene rings is 1. The molecule has 7 N–H and O–H groups in total. The quantitative estimate of drug-likeness (QED) is 0.284. The van der Waals surface area contributed by atoms with E-state index in [1.807, 2.05) is 24.3 Å². The molecule has 0 aliphatic carbocycles. The molecular formula is C24H35N5O5. The third kappa shape index (κ3) is 6.80. The monoisotopic (exact) mass is 473 g/mol. The Morgan fingerprint density at radius 3 is 1.94 bits per heavy atom. The lowest BCUT2D eigenvalue weighted by atomic mass is 9.98. The van der Waals surface area contributed by atoms with Crippen molar-refractivity contribution in [1.82, 2.24) is 20.9 Å². The number of aromatic amines is 1. The van der Waals surface area contributed by atoms with E-state index in [1.54, 1.807) is 33.9 Å². The van der Waals surface area contributed by atoms with Gasteiger partial charge in [-0.25, -0.2) is 4.79 Å². The van der Waals surface area contributed by atoms with Crippen molar-refractivity contribution < 1.29 is 24.3 Å². The van der Waals surface area contributed by atoms with Gasteiger partial charge < -0.3 is 31.8 Å². The van der Waals surface area contributed by atoms with E-state index in [1.165, 1.54) is 6.92 Å². The molecule has 4 atom stereocenters. The Kier molecular flexibility index (Phi) is 9.19. The van der Waals surface area contributed by atoms with Crippen LogP contribution in [0.15, 0.2) is 30.5 Å². The molecule has 3 amide bonds. The summed E-state index contributed by atoms with van der Waals surface area (Å²) in [5.41, 5.74) is 7.22. The maximum absolute atomic E-state index is 13.0.